The molecular weight excluding hydrogens is 316 g/mol. The second-order valence-corrected chi connectivity index (χ2v) is 8.00. The molecule has 1 saturated heterocycles. The van der Waals surface area contributed by atoms with Crippen molar-refractivity contribution in [1.29, 1.82) is 0 Å². The number of carbonyl (C=O) groups is 2. The smallest absolute Gasteiger partial charge is 0.326 e. The Labute approximate surface area is 126 Å². The number of likely N-dealkylation sites (N-methyl/N-ethyl adjacent to an activating group) is 1. The van der Waals surface area contributed by atoms with E-state index in [0.29, 0.717) is 19.4 Å². The minimum Gasteiger partial charge on any atom is -0.480 e. The Bertz CT molecular complexity index is 626. The summed E-state index contributed by atoms with van der Waals surface area (Å²) in [7, 11) is -2.38. The van der Waals surface area contributed by atoms with Crippen LogP contribution in [0.5, 0.6) is 0 Å². The van der Waals surface area contributed by atoms with Crippen molar-refractivity contribution in [3.63, 3.8) is 0 Å². The number of rotatable bonds is 5. The molecule has 1 atom stereocenters. The highest BCUT2D eigenvalue weighted by Gasteiger charge is 2.35. The summed E-state index contributed by atoms with van der Waals surface area (Å²) < 4.78 is 25.5. The number of amides is 1. The summed E-state index contributed by atoms with van der Waals surface area (Å²) in [5, 5.41) is 10.7. The average Bonchev–Trinajstić information content (AvgIpc) is 3.09. The van der Waals surface area contributed by atoms with Gasteiger partial charge in [-0.2, -0.15) is 4.31 Å². The lowest BCUT2D eigenvalue weighted by Crippen LogP contribution is -2.45. The van der Waals surface area contributed by atoms with E-state index >= 15 is 0 Å². The fourth-order valence-electron chi connectivity index (χ4n) is 2.25. The standard InChI is InChI=1S/C12H16N2O5S2/c1-13(21(18,19)11-5-3-7-20-11)8-10(15)14-6-2-4-9(14)12(16)17/h3,5,7,9H,2,4,6,8H2,1H3,(H,16,17). The zero-order chi connectivity index (χ0) is 15.6. The molecule has 0 radical (unpaired) electrons. The molecule has 9 heteroatoms. The van der Waals surface area contributed by atoms with E-state index in [-0.39, 0.29) is 10.8 Å². The van der Waals surface area contributed by atoms with Gasteiger partial charge >= 0.3 is 5.97 Å². The van der Waals surface area contributed by atoms with Gasteiger partial charge < -0.3 is 10.0 Å². The molecule has 1 aliphatic rings. The summed E-state index contributed by atoms with van der Waals surface area (Å²) in [6, 6.07) is 2.24. The molecule has 0 aliphatic carbocycles. The second kappa shape index (κ2) is 6.12. The Hall–Kier alpha value is -1.45. The van der Waals surface area contributed by atoms with Gasteiger partial charge in [-0.25, -0.2) is 13.2 Å². The molecule has 7 nitrogen and oxygen atoms in total. The van der Waals surface area contributed by atoms with Crippen LogP contribution in [-0.2, 0) is 19.6 Å². The van der Waals surface area contributed by atoms with Crippen molar-refractivity contribution < 1.29 is 23.1 Å². The lowest BCUT2D eigenvalue weighted by Gasteiger charge is -2.24. The minimum atomic E-state index is -3.70. The summed E-state index contributed by atoms with van der Waals surface area (Å²) in [6.07, 6.45) is 1.02. The zero-order valence-corrected chi connectivity index (χ0v) is 13.1. The van der Waals surface area contributed by atoms with Gasteiger partial charge in [-0.1, -0.05) is 6.07 Å². The fraction of sp³-hybridized carbons (Fsp3) is 0.500. The van der Waals surface area contributed by atoms with Gasteiger partial charge in [-0.15, -0.1) is 11.3 Å². The minimum absolute atomic E-state index is 0.161. The fourth-order valence-corrected chi connectivity index (χ4v) is 4.57. The van der Waals surface area contributed by atoms with Gasteiger partial charge in [-0.3, -0.25) is 4.79 Å². The molecule has 0 aromatic carbocycles. The van der Waals surface area contributed by atoms with Gasteiger partial charge in [0.2, 0.25) is 5.91 Å². The van der Waals surface area contributed by atoms with Crippen LogP contribution in [0.2, 0.25) is 0 Å². The van der Waals surface area contributed by atoms with Gasteiger partial charge in [0.1, 0.15) is 10.3 Å². The number of likely N-dealkylation sites (tertiary alicyclic amines) is 1. The molecule has 1 N–H and O–H groups in total. The number of thiophene rings is 1. The van der Waals surface area contributed by atoms with Gasteiger partial charge in [0.05, 0.1) is 6.54 Å². The quantitative estimate of drug-likeness (QED) is 0.844. The highest BCUT2D eigenvalue weighted by molar-refractivity contribution is 7.91. The van der Waals surface area contributed by atoms with Crippen molar-refractivity contribution in [2.45, 2.75) is 23.1 Å². The van der Waals surface area contributed by atoms with Gasteiger partial charge in [0, 0.05) is 13.6 Å². The molecule has 0 saturated carbocycles. The van der Waals surface area contributed by atoms with Crippen LogP contribution in [0.1, 0.15) is 12.8 Å². The first-order chi connectivity index (χ1) is 9.84. The van der Waals surface area contributed by atoms with Crippen LogP contribution >= 0.6 is 11.3 Å². The van der Waals surface area contributed by atoms with Gasteiger partial charge in [-0.05, 0) is 24.3 Å². The normalized spacial score (nSPS) is 19.1. The Morgan fingerprint density at radius 2 is 2.24 bits per heavy atom. The summed E-state index contributed by atoms with van der Waals surface area (Å²) in [5.41, 5.74) is 0. The maximum Gasteiger partial charge on any atom is 0.326 e. The summed E-state index contributed by atoms with van der Waals surface area (Å²) >= 11 is 1.07. The Morgan fingerprint density at radius 1 is 1.52 bits per heavy atom. The average molecular weight is 332 g/mol. The molecular formula is C12H16N2O5S2. The van der Waals surface area contributed by atoms with Crippen molar-refractivity contribution in [3.05, 3.63) is 17.5 Å². The van der Waals surface area contributed by atoms with E-state index in [0.717, 1.165) is 15.6 Å². The number of aliphatic carboxylic acids is 1. The van der Waals surface area contributed by atoms with Crippen molar-refractivity contribution in [2.75, 3.05) is 20.1 Å². The van der Waals surface area contributed by atoms with Crippen LogP contribution in [0.4, 0.5) is 0 Å². The number of sulfonamides is 1. The van der Waals surface area contributed by atoms with E-state index < -0.39 is 27.9 Å². The molecule has 1 unspecified atom stereocenters. The highest BCUT2D eigenvalue weighted by Crippen LogP contribution is 2.21. The lowest BCUT2D eigenvalue weighted by molar-refractivity contribution is -0.148. The van der Waals surface area contributed by atoms with Crippen LogP contribution in [0.15, 0.2) is 21.7 Å². The Morgan fingerprint density at radius 3 is 2.81 bits per heavy atom. The Balaban J connectivity index is 2.07. The monoisotopic (exact) mass is 332 g/mol. The molecule has 116 valence electrons. The first-order valence-electron chi connectivity index (χ1n) is 6.36. The predicted octanol–water partition coefficient (Wildman–Crippen LogP) is 0.444. The molecule has 21 heavy (non-hydrogen) atoms. The number of carboxylic acid groups (broad SMARTS) is 1. The number of carboxylic acids is 1. The number of hydrogen-bond donors (Lipinski definition) is 1. The van der Waals surface area contributed by atoms with Crippen LogP contribution in [-0.4, -0.2) is 60.8 Å². The molecule has 2 rings (SSSR count). The van der Waals surface area contributed by atoms with Crippen LogP contribution in [0.25, 0.3) is 0 Å². The molecule has 1 aliphatic heterocycles. The van der Waals surface area contributed by atoms with Crippen LogP contribution in [0, 0.1) is 0 Å². The number of carbonyl (C=O) groups excluding carboxylic acids is 1. The van der Waals surface area contributed by atoms with Gasteiger partial charge in [0.15, 0.2) is 0 Å². The van der Waals surface area contributed by atoms with E-state index in [1.165, 1.54) is 18.0 Å². The van der Waals surface area contributed by atoms with Crippen LogP contribution < -0.4 is 0 Å². The van der Waals surface area contributed by atoms with E-state index in [1.807, 2.05) is 0 Å². The molecule has 1 amide bonds. The molecule has 0 bridgehead atoms. The van der Waals surface area contributed by atoms with Crippen molar-refractivity contribution >= 4 is 33.2 Å². The number of hydrogen-bond acceptors (Lipinski definition) is 5. The van der Waals surface area contributed by atoms with Crippen molar-refractivity contribution in [1.82, 2.24) is 9.21 Å². The predicted molar refractivity (Wildman–Crippen MR) is 76.5 cm³/mol. The third-order valence-electron chi connectivity index (χ3n) is 3.38. The first kappa shape index (κ1) is 15.9. The molecule has 1 aromatic heterocycles. The third-order valence-corrected chi connectivity index (χ3v) is 6.55. The van der Waals surface area contributed by atoms with Gasteiger partial charge in [0.25, 0.3) is 10.0 Å². The molecule has 0 spiro atoms. The SMILES string of the molecule is CN(CC(=O)N1CCCC1C(=O)O)S(=O)(=O)c1cccs1. The van der Waals surface area contributed by atoms with E-state index in [4.69, 9.17) is 5.11 Å². The van der Waals surface area contributed by atoms with Crippen molar-refractivity contribution in [2.24, 2.45) is 0 Å². The topological polar surface area (TPSA) is 95.0 Å². The maximum absolute atomic E-state index is 12.2. The lowest BCUT2D eigenvalue weighted by atomic mass is 10.2. The van der Waals surface area contributed by atoms with Crippen LogP contribution in [0.3, 0.4) is 0 Å². The Kier molecular flexibility index (Phi) is 4.64. The van der Waals surface area contributed by atoms with E-state index in [1.54, 1.807) is 11.4 Å². The summed E-state index contributed by atoms with van der Waals surface area (Å²) in [4.78, 5) is 24.4. The third kappa shape index (κ3) is 3.25. The molecule has 1 fully saturated rings. The summed E-state index contributed by atoms with van der Waals surface area (Å²) in [5.74, 6) is -1.54. The maximum atomic E-state index is 12.2. The largest absolute Gasteiger partial charge is 0.480 e. The highest BCUT2D eigenvalue weighted by atomic mass is 32.2. The van der Waals surface area contributed by atoms with E-state index in [9.17, 15) is 18.0 Å². The number of nitrogens with zero attached hydrogens (tertiary/aromatic N) is 2. The second-order valence-electron chi connectivity index (χ2n) is 4.78. The van der Waals surface area contributed by atoms with Crippen molar-refractivity contribution in [3.8, 4) is 0 Å². The molecule has 1 aromatic rings. The summed E-state index contributed by atoms with van der Waals surface area (Å²) in [6.45, 7) is -0.00724. The molecule has 2 heterocycles. The first-order valence-corrected chi connectivity index (χ1v) is 8.68. The van der Waals surface area contributed by atoms with E-state index in [2.05, 4.69) is 0 Å². The zero-order valence-electron chi connectivity index (χ0n) is 11.4.